The number of H-pyrrole nitrogens is 1. The zero-order valence-corrected chi connectivity index (χ0v) is 19.1. The van der Waals surface area contributed by atoms with E-state index in [4.69, 9.17) is 9.47 Å². The molecule has 33 heavy (non-hydrogen) atoms. The molecule has 1 fully saturated rings. The van der Waals surface area contributed by atoms with Gasteiger partial charge in [0, 0.05) is 36.4 Å². The predicted molar refractivity (Wildman–Crippen MR) is 124 cm³/mol. The van der Waals surface area contributed by atoms with Gasteiger partial charge in [-0.15, -0.1) is 0 Å². The Hall–Kier alpha value is -3.37. The molecule has 2 aromatic carbocycles. The van der Waals surface area contributed by atoms with Crippen molar-refractivity contribution in [3.63, 3.8) is 0 Å². The first-order chi connectivity index (χ1) is 15.8. The molecule has 1 aliphatic heterocycles. The Morgan fingerprint density at radius 2 is 1.85 bits per heavy atom. The summed E-state index contributed by atoms with van der Waals surface area (Å²) in [5, 5.41) is 3.47. The molecule has 1 aromatic heterocycles. The molecule has 4 rings (SSSR count). The van der Waals surface area contributed by atoms with Crippen LogP contribution in [0.15, 0.2) is 58.2 Å². The van der Waals surface area contributed by atoms with Crippen LogP contribution in [0.1, 0.15) is 12.8 Å². The molecule has 1 amide bonds. The molecular formula is C23H25N3O6S. The molecule has 0 bridgehead atoms. The number of pyridine rings is 1. The van der Waals surface area contributed by atoms with E-state index >= 15 is 0 Å². The predicted octanol–water partition coefficient (Wildman–Crippen LogP) is 2.58. The Labute approximate surface area is 191 Å². The molecule has 0 saturated carbocycles. The summed E-state index contributed by atoms with van der Waals surface area (Å²) in [5.74, 6) is 0.294. The number of amides is 1. The number of aromatic amines is 1. The van der Waals surface area contributed by atoms with Gasteiger partial charge in [-0.05, 0) is 54.6 Å². The number of piperidine rings is 1. The molecule has 0 spiro atoms. The molecule has 3 aromatic rings. The van der Waals surface area contributed by atoms with Crippen LogP contribution in [-0.4, -0.2) is 50.9 Å². The molecule has 1 saturated heterocycles. The highest BCUT2D eigenvalue weighted by atomic mass is 32.2. The van der Waals surface area contributed by atoms with E-state index in [1.165, 1.54) is 36.7 Å². The first-order valence-corrected chi connectivity index (χ1v) is 11.9. The lowest BCUT2D eigenvalue weighted by atomic mass is 9.98. The zero-order valence-electron chi connectivity index (χ0n) is 18.3. The minimum Gasteiger partial charge on any atom is -0.493 e. The number of hydrogen-bond donors (Lipinski definition) is 2. The standard InChI is InChI=1S/C23H25N3O6S/c1-31-20-9-6-17(13-21(20)32-2)24-23(28)16-4-3-11-26(14-16)33(29,30)18-7-8-19-15(12-18)5-10-22(27)25-19/h5-10,12-13,16H,3-4,11,14H2,1-2H3,(H,24,28)(H,25,27)/t16-/m0/s1. The summed E-state index contributed by atoms with van der Waals surface area (Å²) in [6, 6.07) is 12.6. The second-order valence-corrected chi connectivity index (χ2v) is 9.77. The van der Waals surface area contributed by atoms with Gasteiger partial charge < -0.3 is 19.8 Å². The number of nitrogens with zero attached hydrogens (tertiary/aromatic N) is 1. The number of anilines is 1. The molecule has 10 heteroatoms. The normalized spacial score (nSPS) is 17.0. The maximum atomic E-state index is 13.3. The van der Waals surface area contributed by atoms with Gasteiger partial charge in [0.05, 0.1) is 25.0 Å². The number of ether oxygens (including phenoxy) is 2. The number of methoxy groups -OCH3 is 2. The Kier molecular flexibility index (Phi) is 6.39. The molecule has 0 unspecified atom stereocenters. The minimum absolute atomic E-state index is 0.0884. The van der Waals surface area contributed by atoms with Crippen molar-refractivity contribution in [1.29, 1.82) is 0 Å². The van der Waals surface area contributed by atoms with Crippen molar-refractivity contribution in [2.75, 3.05) is 32.6 Å². The van der Waals surface area contributed by atoms with E-state index < -0.39 is 15.9 Å². The quantitative estimate of drug-likeness (QED) is 0.571. The highest BCUT2D eigenvalue weighted by Gasteiger charge is 2.33. The summed E-state index contributed by atoms with van der Waals surface area (Å²) in [6.45, 7) is 0.428. The Morgan fingerprint density at radius 3 is 2.61 bits per heavy atom. The van der Waals surface area contributed by atoms with Crippen molar-refractivity contribution in [2.24, 2.45) is 5.92 Å². The van der Waals surface area contributed by atoms with E-state index in [1.807, 2.05) is 0 Å². The monoisotopic (exact) mass is 471 g/mol. The fourth-order valence-electron chi connectivity index (χ4n) is 3.97. The third kappa shape index (κ3) is 4.71. The number of sulfonamides is 1. The molecule has 174 valence electrons. The molecule has 2 heterocycles. The number of nitrogens with one attached hydrogen (secondary N) is 2. The summed E-state index contributed by atoms with van der Waals surface area (Å²) in [6.07, 6.45) is 1.16. The molecule has 0 radical (unpaired) electrons. The van der Waals surface area contributed by atoms with Crippen LogP contribution in [-0.2, 0) is 14.8 Å². The van der Waals surface area contributed by atoms with Crippen molar-refractivity contribution in [3.05, 3.63) is 58.9 Å². The number of benzene rings is 2. The lowest BCUT2D eigenvalue weighted by molar-refractivity contribution is -0.120. The first kappa shape index (κ1) is 22.8. The molecule has 1 atom stereocenters. The van der Waals surface area contributed by atoms with Crippen LogP contribution < -0.4 is 20.3 Å². The highest BCUT2D eigenvalue weighted by Crippen LogP contribution is 2.31. The first-order valence-electron chi connectivity index (χ1n) is 10.5. The van der Waals surface area contributed by atoms with Crippen LogP contribution in [0.25, 0.3) is 10.9 Å². The topological polar surface area (TPSA) is 118 Å². The van der Waals surface area contributed by atoms with Gasteiger partial charge >= 0.3 is 0 Å². The van der Waals surface area contributed by atoms with Gasteiger partial charge in [-0.2, -0.15) is 4.31 Å². The third-order valence-corrected chi connectivity index (χ3v) is 7.60. The van der Waals surface area contributed by atoms with Crippen molar-refractivity contribution < 1.29 is 22.7 Å². The van der Waals surface area contributed by atoms with Crippen LogP contribution in [0.3, 0.4) is 0 Å². The van der Waals surface area contributed by atoms with Crippen molar-refractivity contribution in [3.8, 4) is 11.5 Å². The Bertz CT molecular complexity index is 1350. The maximum Gasteiger partial charge on any atom is 0.248 e. The summed E-state index contributed by atoms with van der Waals surface area (Å²) >= 11 is 0. The lowest BCUT2D eigenvalue weighted by Crippen LogP contribution is -2.43. The van der Waals surface area contributed by atoms with E-state index in [9.17, 15) is 18.0 Å². The second-order valence-electron chi connectivity index (χ2n) is 7.83. The molecule has 0 aliphatic carbocycles. The van der Waals surface area contributed by atoms with Crippen LogP contribution in [0.2, 0.25) is 0 Å². The van der Waals surface area contributed by atoms with E-state index in [2.05, 4.69) is 10.3 Å². The van der Waals surface area contributed by atoms with Crippen molar-refractivity contribution in [2.45, 2.75) is 17.7 Å². The van der Waals surface area contributed by atoms with Gasteiger partial charge in [-0.3, -0.25) is 9.59 Å². The molecule has 9 nitrogen and oxygen atoms in total. The van der Waals surface area contributed by atoms with Gasteiger partial charge in [-0.1, -0.05) is 0 Å². The van der Waals surface area contributed by atoms with E-state index in [-0.39, 0.29) is 22.9 Å². The number of carbonyl (C=O) groups excluding carboxylic acids is 1. The summed E-state index contributed by atoms with van der Waals surface area (Å²) in [7, 11) is -0.756. The van der Waals surface area contributed by atoms with Gasteiger partial charge in [0.1, 0.15) is 0 Å². The van der Waals surface area contributed by atoms with Crippen LogP contribution in [0, 0.1) is 5.92 Å². The Morgan fingerprint density at radius 1 is 1.06 bits per heavy atom. The summed E-state index contributed by atoms with van der Waals surface area (Å²) < 4.78 is 38.4. The zero-order chi connectivity index (χ0) is 23.6. The SMILES string of the molecule is COc1ccc(NC(=O)[C@H]2CCCN(S(=O)(=O)c3ccc4[nH]c(=O)ccc4c3)C2)cc1OC. The van der Waals surface area contributed by atoms with E-state index in [0.717, 1.165) is 0 Å². The average Bonchev–Trinajstić information content (AvgIpc) is 2.83. The smallest absolute Gasteiger partial charge is 0.248 e. The van der Waals surface area contributed by atoms with Gasteiger partial charge in [0.25, 0.3) is 0 Å². The van der Waals surface area contributed by atoms with Crippen molar-refractivity contribution >= 4 is 32.5 Å². The minimum atomic E-state index is -3.80. The fourth-order valence-corrected chi connectivity index (χ4v) is 5.53. The lowest BCUT2D eigenvalue weighted by Gasteiger charge is -2.31. The summed E-state index contributed by atoms with van der Waals surface area (Å²) in [5.41, 5.74) is 0.853. The highest BCUT2D eigenvalue weighted by molar-refractivity contribution is 7.89. The number of hydrogen-bond acceptors (Lipinski definition) is 6. The Balaban J connectivity index is 1.51. The number of rotatable bonds is 6. The molecular weight excluding hydrogens is 446 g/mol. The van der Waals surface area contributed by atoms with Crippen LogP contribution in [0.4, 0.5) is 5.69 Å². The van der Waals surface area contributed by atoms with Crippen LogP contribution in [0.5, 0.6) is 11.5 Å². The number of aromatic nitrogens is 1. The molecule has 1 aliphatic rings. The van der Waals surface area contributed by atoms with E-state index in [1.54, 1.807) is 30.3 Å². The largest absolute Gasteiger partial charge is 0.493 e. The van der Waals surface area contributed by atoms with Crippen LogP contribution >= 0.6 is 0 Å². The maximum absolute atomic E-state index is 13.3. The number of fused-ring (bicyclic) bond motifs is 1. The second kappa shape index (κ2) is 9.24. The van der Waals surface area contributed by atoms with Gasteiger partial charge in [0.15, 0.2) is 11.5 Å². The average molecular weight is 472 g/mol. The van der Waals surface area contributed by atoms with Gasteiger partial charge in [-0.25, -0.2) is 8.42 Å². The number of carbonyl (C=O) groups is 1. The van der Waals surface area contributed by atoms with E-state index in [0.29, 0.717) is 47.5 Å². The third-order valence-electron chi connectivity index (χ3n) is 5.74. The van der Waals surface area contributed by atoms with Gasteiger partial charge in [0.2, 0.25) is 21.5 Å². The summed E-state index contributed by atoms with van der Waals surface area (Å²) in [4.78, 5) is 27.2. The fraction of sp³-hybridized carbons (Fsp3) is 0.304. The van der Waals surface area contributed by atoms with Crippen molar-refractivity contribution in [1.82, 2.24) is 9.29 Å². The molecule has 2 N–H and O–H groups in total.